The van der Waals surface area contributed by atoms with E-state index in [4.69, 9.17) is 9.47 Å². The molecule has 0 fully saturated rings. The number of benzene rings is 2. The zero-order valence-electron chi connectivity index (χ0n) is 18.7. The van der Waals surface area contributed by atoms with Crippen LogP contribution in [0.15, 0.2) is 60.1 Å². The largest absolute Gasteiger partial charge is 0.494 e. The molecule has 170 valence electrons. The van der Waals surface area contributed by atoms with Gasteiger partial charge in [0.1, 0.15) is 17.6 Å². The maximum atomic E-state index is 5.93. The molecule has 8 heteroatoms. The molecule has 0 radical (unpaired) electrons. The second kappa shape index (κ2) is 11.2. The average Bonchev–Trinajstić information content (AvgIpc) is 3.43. The van der Waals surface area contributed by atoms with Crippen molar-refractivity contribution in [2.24, 2.45) is 4.99 Å². The number of imidazole rings is 1. The van der Waals surface area contributed by atoms with E-state index in [0.717, 1.165) is 40.7 Å². The fourth-order valence-corrected chi connectivity index (χ4v) is 3.80. The lowest BCUT2D eigenvalue weighted by molar-refractivity contribution is 0.254. The highest BCUT2D eigenvalue weighted by molar-refractivity contribution is 14.0. The first-order valence-corrected chi connectivity index (χ1v) is 10.6. The van der Waals surface area contributed by atoms with Gasteiger partial charge in [0.15, 0.2) is 5.96 Å². The molecule has 7 nitrogen and oxygen atoms in total. The summed E-state index contributed by atoms with van der Waals surface area (Å²) >= 11 is 0. The Morgan fingerprint density at radius 3 is 2.72 bits per heavy atom. The first kappa shape index (κ1) is 23.9. The Morgan fingerprint density at radius 2 is 2.00 bits per heavy atom. The topological polar surface area (TPSA) is 72.7 Å². The van der Waals surface area contributed by atoms with Crippen molar-refractivity contribution in [2.45, 2.75) is 39.5 Å². The van der Waals surface area contributed by atoms with Gasteiger partial charge in [0, 0.05) is 50.1 Å². The molecule has 0 saturated heterocycles. The van der Waals surface area contributed by atoms with Crippen LogP contribution in [0.2, 0.25) is 0 Å². The molecule has 2 heterocycles. The number of halogens is 1. The standard InChI is InChI=1S/C24H29N5O2.HI/c1-4-30-22-12-19-11-17(2)31-23(19)13-20(22)15-28-24(25-3)27-14-18-7-5-6-8-21(18)29-10-9-26-16-29;/h5-10,12-13,16-17H,4,11,14-15H2,1-3H3,(H2,25,27,28);1H. The maximum absolute atomic E-state index is 5.93. The molecule has 3 aromatic rings. The SMILES string of the molecule is CCOc1cc2c(cc1CNC(=NC)NCc1ccccc1-n1ccnc1)OC(C)C2.I. The van der Waals surface area contributed by atoms with E-state index in [1.165, 1.54) is 5.56 Å². The van der Waals surface area contributed by atoms with Gasteiger partial charge in [0.05, 0.1) is 18.6 Å². The van der Waals surface area contributed by atoms with Crippen molar-refractivity contribution in [3.63, 3.8) is 0 Å². The van der Waals surface area contributed by atoms with Crippen molar-refractivity contribution in [1.29, 1.82) is 0 Å². The normalized spacial score (nSPS) is 14.8. The Kier molecular flexibility index (Phi) is 8.38. The number of hydrogen-bond acceptors (Lipinski definition) is 4. The van der Waals surface area contributed by atoms with Gasteiger partial charge in [0.25, 0.3) is 0 Å². The Bertz CT molecular complexity index is 1050. The number of hydrogen-bond donors (Lipinski definition) is 2. The van der Waals surface area contributed by atoms with Crippen LogP contribution in [0.4, 0.5) is 0 Å². The van der Waals surface area contributed by atoms with E-state index in [0.29, 0.717) is 19.7 Å². The third-order valence-electron chi connectivity index (χ3n) is 5.27. The van der Waals surface area contributed by atoms with Gasteiger partial charge in [-0.05, 0) is 37.6 Å². The summed E-state index contributed by atoms with van der Waals surface area (Å²) in [6.07, 6.45) is 6.65. The van der Waals surface area contributed by atoms with Crippen LogP contribution >= 0.6 is 24.0 Å². The van der Waals surface area contributed by atoms with Crippen LogP contribution in [-0.2, 0) is 19.5 Å². The summed E-state index contributed by atoms with van der Waals surface area (Å²) in [5, 5.41) is 6.80. The third kappa shape index (κ3) is 5.53. The molecule has 1 aliphatic heterocycles. The second-order valence-corrected chi connectivity index (χ2v) is 7.51. The van der Waals surface area contributed by atoms with Crippen LogP contribution < -0.4 is 20.1 Å². The molecule has 0 saturated carbocycles. The van der Waals surface area contributed by atoms with Crippen LogP contribution in [-0.4, -0.2) is 35.3 Å². The lowest BCUT2D eigenvalue weighted by atomic mass is 10.1. The lowest BCUT2D eigenvalue weighted by Crippen LogP contribution is -2.36. The van der Waals surface area contributed by atoms with Gasteiger partial charge in [-0.25, -0.2) is 4.98 Å². The average molecular weight is 547 g/mol. The number of ether oxygens (including phenoxy) is 2. The van der Waals surface area contributed by atoms with E-state index in [2.05, 4.69) is 51.8 Å². The predicted molar refractivity (Wildman–Crippen MR) is 137 cm³/mol. The van der Waals surface area contributed by atoms with E-state index >= 15 is 0 Å². The summed E-state index contributed by atoms with van der Waals surface area (Å²) in [4.78, 5) is 8.53. The van der Waals surface area contributed by atoms with Crippen molar-refractivity contribution in [2.75, 3.05) is 13.7 Å². The molecule has 0 aliphatic carbocycles. The fraction of sp³-hybridized carbons (Fsp3) is 0.333. The summed E-state index contributed by atoms with van der Waals surface area (Å²) in [5.41, 5.74) is 4.50. The monoisotopic (exact) mass is 547 g/mol. The molecule has 4 rings (SSSR count). The van der Waals surface area contributed by atoms with Crippen molar-refractivity contribution in [3.8, 4) is 17.2 Å². The molecule has 1 atom stereocenters. The van der Waals surface area contributed by atoms with E-state index in [9.17, 15) is 0 Å². The number of nitrogens with zero attached hydrogens (tertiary/aromatic N) is 3. The molecular formula is C24H30IN5O2. The molecular weight excluding hydrogens is 517 g/mol. The van der Waals surface area contributed by atoms with Crippen LogP contribution in [0.25, 0.3) is 5.69 Å². The quantitative estimate of drug-likeness (QED) is 0.265. The van der Waals surface area contributed by atoms with E-state index in [-0.39, 0.29) is 30.1 Å². The first-order valence-electron chi connectivity index (χ1n) is 10.6. The third-order valence-corrected chi connectivity index (χ3v) is 5.27. The van der Waals surface area contributed by atoms with Gasteiger partial charge in [-0.15, -0.1) is 24.0 Å². The van der Waals surface area contributed by atoms with Gasteiger partial charge >= 0.3 is 0 Å². The fourth-order valence-electron chi connectivity index (χ4n) is 3.80. The Labute approximate surface area is 206 Å². The van der Waals surface area contributed by atoms with Crippen LogP contribution in [0.1, 0.15) is 30.5 Å². The summed E-state index contributed by atoms with van der Waals surface area (Å²) in [7, 11) is 1.77. The van der Waals surface area contributed by atoms with Crippen molar-refractivity contribution in [3.05, 3.63) is 71.8 Å². The number of guanidine groups is 1. The molecule has 1 unspecified atom stereocenters. The highest BCUT2D eigenvalue weighted by Gasteiger charge is 2.22. The molecule has 0 spiro atoms. The van der Waals surface area contributed by atoms with Crippen LogP contribution in [0, 0.1) is 0 Å². The highest BCUT2D eigenvalue weighted by atomic mass is 127. The minimum Gasteiger partial charge on any atom is -0.494 e. The number of fused-ring (bicyclic) bond motifs is 1. The van der Waals surface area contributed by atoms with Gasteiger partial charge in [-0.1, -0.05) is 18.2 Å². The van der Waals surface area contributed by atoms with Crippen molar-refractivity contribution < 1.29 is 9.47 Å². The molecule has 0 amide bonds. The zero-order chi connectivity index (χ0) is 21.6. The van der Waals surface area contributed by atoms with E-state index < -0.39 is 0 Å². The number of nitrogens with one attached hydrogen (secondary N) is 2. The minimum atomic E-state index is 0. The summed E-state index contributed by atoms with van der Waals surface area (Å²) < 4.78 is 13.8. The maximum Gasteiger partial charge on any atom is 0.191 e. The summed E-state index contributed by atoms with van der Waals surface area (Å²) in [6.45, 7) is 5.94. The zero-order valence-corrected chi connectivity index (χ0v) is 21.0. The Morgan fingerprint density at radius 1 is 1.22 bits per heavy atom. The van der Waals surface area contributed by atoms with Gasteiger partial charge < -0.3 is 24.7 Å². The van der Waals surface area contributed by atoms with Gasteiger partial charge in [-0.3, -0.25) is 4.99 Å². The Balaban J connectivity index is 0.00000289. The summed E-state index contributed by atoms with van der Waals surface area (Å²) in [5.74, 6) is 2.56. The highest BCUT2D eigenvalue weighted by Crippen LogP contribution is 2.35. The molecule has 2 aromatic carbocycles. The van der Waals surface area contributed by atoms with E-state index in [1.807, 2.05) is 29.8 Å². The van der Waals surface area contributed by atoms with Crippen molar-refractivity contribution >= 4 is 29.9 Å². The number of rotatable bonds is 7. The number of para-hydroxylation sites is 1. The van der Waals surface area contributed by atoms with Gasteiger partial charge in [-0.2, -0.15) is 0 Å². The van der Waals surface area contributed by atoms with Crippen molar-refractivity contribution in [1.82, 2.24) is 20.2 Å². The number of aromatic nitrogens is 2. The van der Waals surface area contributed by atoms with Crippen LogP contribution in [0.3, 0.4) is 0 Å². The number of aliphatic imine (C=N–C) groups is 1. The predicted octanol–water partition coefficient (Wildman–Crippen LogP) is 4.08. The molecule has 1 aromatic heterocycles. The second-order valence-electron chi connectivity index (χ2n) is 7.51. The minimum absolute atomic E-state index is 0. The molecule has 2 N–H and O–H groups in total. The van der Waals surface area contributed by atoms with Gasteiger partial charge in [0.2, 0.25) is 0 Å². The lowest BCUT2D eigenvalue weighted by Gasteiger charge is -2.17. The smallest absolute Gasteiger partial charge is 0.191 e. The van der Waals surface area contributed by atoms with Crippen LogP contribution in [0.5, 0.6) is 11.5 Å². The first-order chi connectivity index (χ1) is 15.2. The molecule has 0 bridgehead atoms. The Hall–Kier alpha value is -2.75. The van der Waals surface area contributed by atoms with E-state index in [1.54, 1.807) is 19.6 Å². The summed E-state index contributed by atoms with van der Waals surface area (Å²) in [6, 6.07) is 12.4. The molecule has 32 heavy (non-hydrogen) atoms. The molecule has 1 aliphatic rings.